The predicted octanol–water partition coefficient (Wildman–Crippen LogP) is 5.41. The third-order valence-electron chi connectivity index (χ3n) is 4.70. The van der Waals surface area contributed by atoms with E-state index in [2.05, 4.69) is 0 Å². The van der Waals surface area contributed by atoms with Crippen LogP contribution in [0.15, 0.2) is 85.1 Å². The molecule has 1 aromatic heterocycles. The summed E-state index contributed by atoms with van der Waals surface area (Å²) in [5, 5.41) is 1.02. The van der Waals surface area contributed by atoms with Crippen LogP contribution in [0.3, 0.4) is 0 Å². The van der Waals surface area contributed by atoms with Gasteiger partial charge in [0, 0.05) is 17.1 Å². The summed E-state index contributed by atoms with van der Waals surface area (Å²) in [6.45, 7) is 2.85. The second-order valence-corrected chi connectivity index (χ2v) is 6.70. The van der Waals surface area contributed by atoms with Gasteiger partial charge < -0.3 is 9.30 Å². The van der Waals surface area contributed by atoms with Gasteiger partial charge in [-0.25, -0.2) is 0 Å². The molecule has 0 saturated heterocycles. The van der Waals surface area contributed by atoms with E-state index >= 15 is 0 Å². The molecule has 3 heteroatoms. The summed E-state index contributed by atoms with van der Waals surface area (Å²) in [6, 6.07) is 25.8. The van der Waals surface area contributed by atoms with Crippen molar-refractivity contribution in [3.63, 3.8) is 0 Å². The fourth-order valence-electron chi connectivity index (χ4n) is 3.18. The Balaban J connectivity index is 1.55. The summed E-state index contributed by atoms with van der Waals surface area (Å²) >= 11 is 0. The predicted molar refractivity (Wildman–Crippen MR) is 108 cm³/mol. The van der Waals surface area contributed by atoms with Crippen LogP contribution in [0.5, 0.6) is 5.75 Å². The molecule has 0 aliphatic heterocycles. The van der Waals surface area contributed by atoms with Crippen molar-refractivity contribution in [1.29, 1.82) is 0 Å². The molecule has 0 radical (unpaired) electrons. The molecular formula is C24H21NO2. The van der Waals surface area contributed by atoms with E-state index in [9.17, 15) is 4.79 Å². The molecule has 27 heavy (non-hydrogen) atoms. The van der Waals surface area contributed by atoms with Gasteiger partial charge in [0.2, 0.25) is 0 Å². The van der Waals surface area contributed by atoms with Gasteiger partial charge in [0.25, 0.3) is 0 Å². The first kappa shape index (κ1) is 17.1. The van der Waals surface area contributed by atoms with E-state index in [1.54, 1.807) is 0 Å². The first-order valence-corrected chi connectivity index (χ1v) is 9.05. The number of aryl methyl sites for hydroxylation is 1. The molecule has 0 aliphatic carbocycles. The second-order valence-electron chi connectivity index (χ2n) is 6.70. The van der Waals surface area contributed by atoms with Crippen molar-refractivity contribution >= 4 is 16.7 Å². The Morgan fingerprint density at radius 1 is 0.889 bits per heavy atom. The van der Waals surface area contributed by atoms with Gasteiger partial charge >= 0.3 is 0 Å². The van der Waals surface area contributed by atoms with Crippen LogP contribution in [0.25, 0.3) is 10.9 Å². The topological polar surface area (TPSA) is 31.2 Å². The van der Waals surface area contributed by atoms with E-state index in [1.165, 1.54) is 0 Å². The number of Topliss-reactive ketones (excluding diaryl/α,β-unsaturated/α-hetero) is 1. The Bertz CT molecular complexity index is 1060. The van der Waals surface area contributed by atoms with Crippen molar-refractivity contribution in [2.45, 2.75) is 20.1 Å². The molecular weight excluding hydrogens is 334 g/mol. The zero-order valence-corrected chi connectivity index (χ0v) is 15.3. The minimum atomic E-state index is 0.100. The van der Waals surface area contributed by atoms with E-state index < -0.39 is 0 Å². The number of aromatic nitrogens is 1. The summed E-state index contributed by atoms with van der Waals surface area (Å²) in [6.07, 6.45) is 1.95. The largest absolute Gasteiger partial charge is 0.488 e. The summed E-state index contributed by atoms with van der Waals surface area (Å²) in [5.41, 5.74) is 4.02. The second kappa shape index (κ2) is 7.50. The van der Waals surface area contributed by atoms with Gasteiger partial charge in [-0.05, 0) is 30.7 Å². The number of nitrogens with zero attached hydrogens (tertiary/aromatic N) is 1. The maximum Gasteiger partial charge on any atom is 0.182 e. The van der Waals surface area contributed by atoms with Crippen LogP contribution in [-0.4, -0.2) is 10.4 Å². The Morgan fingerprint density at radius 2 is 1.67 bits per heavy atom. The van der Waals surface area contributed by atoms with Gasteiger partial charge in [-0.1, -0.05) is 66.2 Å². The molecule has 0 unspecified atom stereocenters. The molecule has 0 N–H and O–H groups in total. The highest BCUT2D eigenvalue weighted by Crippen LogP contribution is 2.27. The fraction of sp³-hybridized carbons (Fsp3) is 0.125. The molecule has 0 fully saturated rings. The SMILES string of the molecule is Cc1ccc(C(=O)Cn2ccc3c(OCc4ccccc4)cccc32)cc1. The van der Waals surface area contributed by atoms with Crippen LogP contribution in [0.2, 0.25) is 0 Å². The van der Waals surface area contributed by atoms with Gasteiger partial charge in [-0.3, -0.25) is 4.79 Å². The maximum absolute atomic E-state index is 12.6. The summed E-state index contributed by atoms with van der Waals surface area (Å²) in [7, 11) is 0. The van der Waals surface area contributed by atoms with Crippen LogP contribution < -0.4 is 4.74 Å². The molecule has 0 bridgehead atoms. The third kappa shape index (κ3) is 3.77. The Labute approximate surface area is 158 Å². The van der Waals surface area contributed by atoms with Crippen LogP contribution in [-0.2, 0) is 13.2 Å². The first-order valence-electron chi connectivity index (χ1n) is 9.05. The monoisotopic (exact) mass is 355 g/mol. The third-order valence-corrected chi connectivity index (χ3v) is 4.70. The minimum absolute atomic E-state index is 0.100. The quantitative estimate of drug-likeness (QED) is 0.433. The van der Waals surface area contributed by atoms with Crippen molar-refractivity contribution in [1.82, 2.24) is 4.57 Å². The van der Waals surface area contributed by atoms with Crippen molar-refractivity contribution in [2.75, 3.05) is 0 Å². The van der Waals surface area contributed by atoms with Crippen LogP contribution in [0, 0.1) is 6.92 Å². The molecule has 3 nitrogen and oxygen atoms in total. The molecule has 1 heterocycles. The first-order chi connectivity index (χ1) is 13.2. The van der Waals surface area contributed by atoms with Gasteiger partial charge in [-0.15, -0.1) is 0 Å². The number of hydrogen-bond acceptors (Lipinski definition) is 2. The van der Waals surface area contributed by atoms with Gasteiger partial charge in [-0.2, -0.15) is 0 Å². The van der Waals surface area contributed by atoms with Crippen molar-refractivity contribution in [3.05, 3.63) is 102 Å². The van der Waals surface area contributed by atoms with E-state index in [0.29, 0.717) is 13.2 Å². The molecule has 4 rings (SSSR count). The molecule has 0 atom stereocenters. The highest BCUT2D eigenvalue weighted by molar-refractivity contribution is 5.97. The Morgan fingerprint density at radius 3 is 2.44 bits per heavy atom. The van der Waals surface area contributed by atoms with Crippen molar-refractivity contribution in [2.24, 2.45) is 0 Å². The van der Waals surface area contributed by atoms with Gasteiger partial charge in [0.05, 0.1) is 12.1 Å². The lowest BCUT2D eigenvalue weighted by molar-refractivity contribution is 0.0973. The molecule has 0 spiro atoms. The summed E-state index contributed by atoms with van der Waals surface area (Å²) < 4.78 is 8.00. The van der Waals surface area contributed by atoms with Crippen molar-refractivity contribution < 1.29 is 9.53 Å². The standard InChI is InChI=1S/C24H21NO2/c1-18-10-12-20(13-11-18)23(26)16-25-15-14-21-22(25)8-5-9-24(21)27-17-19-6-3-2-4-7-19/h2-15H,16-17H2,1H3. The number of ketones is 1. The lowest BCUT2D eigenvalue weighted by Crippen LogP contribution is -2.09. The van der Waals surface area contributed by atoms with E-state index in [0.717, 1.165) is 33.3 Å². The van der Waals surface area contributed by atoms with Crippen molar-refractivity contribution in [3.8, 4) is 5.75 Å². The summed E-state index contributed by atoms with van der Waals surface area (Å²) in [4.78, 5) is 12.6. The molecule has 0 aliphatic rings. The highest BCUT2D eigenvalue weighted by Gasteiger charge is 2.11. The molecule has 4 aromatic rings. The Hall–Kier alpha value is -3.33. The molecule has 0 amide bonds. The number of hydrogen-bond donors (Lipinski definition) is 0. The highest BCUT2D eigenvalue weighted by atomic mass is 16.5. The van der Waals surface area contributed by atoms with E-state index in [4.69, 9.17) is 4.74 Å². The van der Waals surface area contributed by atoms with Gasteiger partial charge in [0.1, 0.15) is 12.4 Å². The Kier molecular flexibility index (Phi) is 4.75. The number of benzene rings is 3. The molecule has 134 valence electrons. The van der Waals surface area contributed by atoms with E-state index in [-0.39, 0.29) is 5.78 Å². The van der Waals surface area contributed by atoms with Crippen LogP contribution >= 0.6 is 0 Å². The van der Waals surface area contributed by atoms with Gasteiger partial charge in [0.15, 0.2) is 5.78 Å². The van der Waals surface area contributed by atoms with Crippen LogP contribution in [0.4, 0.5) is 0 Å². The summed E-state index contributed by atoms with van der Waals surface area (Å²) in [5.74, 6) is 0.931. The minimum Gasteiger partial charge on any atom is -0.488 e. The molecule has 0 saturated carbocycles. The number of carbonyl (C=O) groups is 1. The fourth-order valence-corrected chi connectivity index (χ4v) is 3.18. The number of rotatable bonds is 6. The normalized spacial score (nSPS) is 10.9. The smallest absolute Gasteiger partial charge is 0.182 e. The lowest BCUT2D eigenvalue weighted by Gasteiger charge is -2.09. The number of fused-ring (bicyclic) bond motifs is 1. The van der Waals surface area contributed by atoms with Crippen LogP contribution in [0.1, 0.15) is 21.5 Å². The average molecular weight is 355 g/mol. The lowest BCUT2D eigenvalue weighted by atomic mass is 10.1. The average Bonchev–Trinajstić information content (AvgIpc) is 3.11. The zero-order chi connectivity index (χ0) is 18.6. The molecule has 3 aromatic carbocycles. The zero-order valence-electron chi connectivity index (χ0n) is 15.3. The van der Waals surface area contributed by atoms with E-state index in [1.807, 2.05) is 96.6 Å². The number of carbonyl (C=O) groups excluding carboxylic acids is 1. The maximum atomic E-state index is 12.6. The number of ether oxygens (including phenoxy) is 1.